The fraction of sp³-hybridized carbons (Fsp3) is 0.368. The van der Waals surface area contributed by atoms with Crippen molar-refractivity contribution in [1.29, 1.82) is 0 Å². The van der Waals surface area contributed by atoms with Crippen LogP contribution in [-0.2, 0) is 9.59 Å². The third-order valence-corrected chi connectivity index (χ3v) is 5.45. The van der Waals surface area contributed by atoms with Gasteiger partial charge in [0, 0.05) is 12.2 Å². The van der Waals surface area contributed by atoms with Crippen LogP contribution in [0.15, 0.2) is 41.1 Å². The molecule has 1 atom stereocenters. The van der Waals surface area contributed by atoms with E-state index in [1.54, 1.807) is 11.3 Å². The van der Waals surface area contributed by atoms with Crippen molar-refractivity contribution in [2.45, 2.75) is 13.0 Å². The Kier molecular flexibility index (Phi) is 8.15. The van der Waals surface area contributed by atoms with Crippen molar-refractivity contribution in [3.63, 3.8) is 0 Å². The van der Waals surface area contributed by atoms with Gasteiger partial charge in [0.25, 0.3) is 0 Å². The summed E-state index contributed by atoms with van der Waals surface area (Å²) in [4.78, 5) is 26.1. The van der Waals surface area contributed by atoms with Crippen molar-refractivity contribution >= 4 is 40.6 Å². The molecule has 5 nitrogen and oxygen atoms in total. The van der Waals surface area contributed by atoms with E-state index in [0.717, 1.165) is 11.3 Å². The van der Waals surface area contributed by atoms with Gasteiger partial charge in [0.05, 0.1) is 17.5 Å². The molecular formula is C19H25N3O2S2. The van der Waals surface area contributed by atoms with Gasteiger partial charge in [-0.15, -0.1) is 11.8 Å². The number of aryl methyl sites for hydroxylation is 1. The molecule has 7 heteroatoms. The second-order valence-electron chi connectivity index (χ2n) is 6.25. The number of thioether (sulfide) groups is 1. The van der Waals surface area contributed by atoms with Gasteiger partial charge in [-0.2, -0.15) is 11.3 Å². The first-order valence-electron chi connectivity index (χ1n) is 8.35. The van der Waals surface area contributed by atoms with Gasteiger partial charge in [-0.3, -0.25) is 9.59 Å². The van der Waals surface area contributed by atoms with E-state index in [1.807, 2.05) is 50.7 Å². The van der Waals surface area contributed by atoms with Crippen LogP contribution in [0.1, 0.15) is 17.2 Å². The van der Waals surface area contributed by atoms with E-state index in [1.165, 1.54) is 17.3 Å². The highest BCUT2D eigenvalue weighted by Crippen LogP contribution is 2.20. The van der Waals surface area contributed by atoms with Crippen molar-refractivity contribution < 1.29 is 9.59 Å². The van der Waals surface area contributed by atoms with E-state index in [2.05, 4.69) is 27.0 Å². The summed E-state index contributed by atoms with van der Waals surface area (Å²) in [6.45, 7) is 2.53. The number of nitrogens with one attached hydrogen (secondary N) is 2. The Morgan fingerprint density at radius 1 is 1.19 bits per heavy atom. The van der Waals surface area contributed by atoms with Crippen LogP contribution in [0.5, 0.6) is 0 Å². The number of thiophene rings is 1. The van der Waals surface area contributed by atoms with Gasteiger partial charge in [0.2, 0.25) is 11.8 Å². The average Bonchev–Trinajstić information content (AvgIpc) is 3.09. The molecule has 1 heterocycles. The molecule has 1 unspecified atom stereocenters. The highest BCUT2D eigenvalue weighted by molar-refractivity contribution is 8.00. The molecule has 0 bridgehead atoms. The van der Waals surface area contributed by atoms with Crippen LogP contribution in [-0.4, -0.2) is 48.9 Å². The van der Waals surface area contributed by atoms with E-state index < -0.39 is 0 Å². The largest absolute Gasteiger partial charge is 0.353 e. The van der Waals surface area contributed by atoms with E-state index in [-0.39, 0.29) is 29.4 Å². The second-order valence-corrected chi connectivity index (χ2v) is 8.02. The van der Waals surface area contributed by atoms with E-state index >= 15 is 0 Å². The fourth-order valence-electron chi connectivity index (χ4n) is 2.48. The summed E-state index contributed by atoms with van der Waals surface area (Å²) in [5, 5.41) is 9.93. The summed E-state index contributed by atoms with van der Waals surface area (Å²) in [5.41, 5.74) is 3.08. The van der Waals surface area contributed by atoms with Crippen LogP contribution in [0.2, 0.25) is 0 Å². The molecule has 0 aliphatic heterocycles. The van der Waals surface area contributed by atoms with E-state index in [9.17, 15) is 9.59 Å². The number of likely N-dealkylation sites (N-methyl/N-ethyl adjacent to an activating group) is 1. The summed E-state index contributed by atoms with van der Waals surface area (Å²) < 4.78 is 0. The lowest BCUT2D eigenvalue weighted by atomic mass is 10.1. The first-order valence-corrected chi connectivity index (χ1v) is 10.4. The topological polar surface area (TPSA) is 61.4 Å². The second kappa shape index (κ2) is 10.4. The Balaban J connectivity index is 1.69. The van der Waals surface area contributed by atoms with Gasteiger partial charge < -0.3 is 15.5 Å². The minimum Gasteiger partial charge on any atom is -0.353 e. The minimum absolute atomic E-state index is 0.0552. The molecule has 0 aliphatic carbocycles. The number of benzene rings is 1. The number of amides is 2. The molecule has 0 saturated carbocycles. The minimum atomic E-state index is -0.0992. The van der Waals surface area contributed by atoms with Crippen LogP contribution in [0, 0.1) is 6.92 Å². The van der Waals surface area contributed by atoms with Gasteiger partial charge in [-0.05, 0) is 61.1 Å². The zero-order valence-corrected chi connectivity index (χ0v) is 17.0. The predicted octanol–water partition coefficient (Wildman–Crippen LogP) is 3.15. The molecule has 2 amide bonds. The lowest BCUT2D eigenvalue weighted by molar-refractivity contribution is -0.118. The first kappa shape index (κ1) is 20.5. The van der Waals surface area contributed by atoms with Crippen molar-refractivity contribution in [1.82, 2.24) is 10.2 Å². The van der Waals surface area contributed by atoms with Crippen molar-refractivity contribution in [2.24, 2.45) is 0 Å². The number of rotatable bonds is 9. The molecule has 1 aromatic heterocycles. The molecular weight excluding hydrogens is 366 g/mol. The van der Waals surface area contributed by atoms with E-state index in [4.69, 9.17) is 0 Å². The molecule has 0 fully saturated rings. The standard InChI is InChI=1S/C19H25N3O2S2/c1-14-5-4-6-16(9-14)21-19(24)13-26-12-18(23)20-10-17(22(2)3)15-7-8-25-11-15/h4-9,11,17H,10,12-13H2,1-3H3,(H,20,23)(H,21,24). The average molecular weight is 392 g/mol. The van der Waals surface area contributed by atoms with Crippen LogP contribution >= 0.6 is 23.1 Å². The summed E-state index contributed by atoms with van der Waals surface area (Å²) in [6.07, 6.45) is 0. The maximum Gasteiger partial charge on any atom is 0.234 e. The van der Waals surface area contributed by atoms with E-state index in [0.29, 0.717) is 6.54 Å². The number of nitrogens with zero attached hydrogens (tertiary/aromatic N) is 1. The molecule has 1 aromatic carbocycles. The van der Waals surface area contributed by atoms with Gasteiger partial charge in [0.1, 0.15) is 0 Å². The lowest BCUT2D eigenvalue weighted by Gasteiger charge is -2.23. The Morgan fingerprint density at radius 3 is 2.62 bits per heavy atom. The number of carbonyl (C=O) groups excluding carboxylic acids is 2. The summed E-state index contributed by atoms with van der Waals surface area (Å²) >= 11 is 2.97. The molecule has 140 valence electrons. The van der Waals surface area contributed by atoms with Crippen molar-refractivity contribution in [3.05, 3.63) is 52.2 Å². The predicted molar refractivity (Wildman–Crippen MR) is 111 cm³/mol. The van der Waals surface area contributed by atoms with Crippen LogP contribution in [0.4, 0.5) is 5.69 Å². The Labute approximate surface area is 163 Å². The van der Waals surface area contributed by atoms with Crippen LogP contribution < -0.4 is 10.6 Å². The molecule has 0 saturated heterocycles. The molecule has 26 heavy (non-hydrogen) atoms. The zero-order valence-electron chi connectivity index (χ0n) is 15.3. The summed E-state index contributed by atoms with van der Waals surface area (Å²) in [6, 6.07) is 9.88. The summed E-state index contributed by atoms with van der Waals surface area (Å²) in [7, 11) is 4.00. The third kappa shape index (κ3) is 6.82. The molecule has 0 spiro atoms. The lowest BCUT2D eigenvalue weighted by Crippen LogP contribution is -2.35. The van der Waals surface area contributed by atoms with Crippen molar-refractivity contribution in [3.8, 4) is 0 Å². The Morgan fingerprint density at radius 2 is 1.96 bits per heavy atom. The number of carbonyl (C=O) groups is 2. The van der Waals surface area contributed by atoms with Gasteiger partial charge >= 0.3 is 0 Å². The number of hydrogen-bond acceptors (Lipinski definition) is 5. The van der Waals surface area contributed by atoms with Gasteiger partial charge in [-0.25, -0.2) is 0 Å². The normalized spacial score (nSPS) is 12.0. The molecule has 0 radical (unpaired) electrons. The molecule has 2 N–H and O–H groups in total. The number of hydrogen-bond donors (Lipinski definition) is 2. The molecule has 2 rings (SSSR count). The highest BCUT2D eigenvalue weighted by Gasteiger charge is 2.15. The van der Waals surface area contributed by atoms with Gasteiger partial charge in [0.15, 0.2) is 0 Å². The maximum atomic E-state index is 12.0. The smallest absolute Gasteiger partial charge is 0.234 e. The number of anilines is 1. The third-order valence-electron chi connectivity index (χ3n) is 3.81. The summed E-state index contributed by atoms with van der Waals surface area (Å²) in [5.74, 6) is 0.367. The fourth-order valence-corrected chi connectivity index (χ4v) is 3.84. The maximum absolute atomic E-state index is 12.0. The zero-order chi connectivity index (χ0) is 18.9. The SMILES string of the molecule is Cc1cccc(NC(=O)CSCC(=O)NCC(c2ccsc2)N(C)C)c1. The first-order chi connectivity index (χ1) is 12.5. The van der Waals surface area contributed by atoms with Crippen molar-refractivity contribution in [2.75, 3.05) is 37.5 Å². The van der Waals surface area contributed by atoms with Gasteiger partial charge in [-0.1, -0.05) is 12.1 Å². The Hall–Kier alpha value is -1.83. The van der Waals surface area contributed by atoms with Crippen LogP contribution in [0.25, 0.3) is 0 Å². The quantitative estimate of drug-likeness (QED) is 0.689. The highest BCUT2D eigenvalue weighted by atomic mass is 32.2. The van der Waals surface area contributed by atoms with Crippen LogP contribution in [0.3, 0.4) is 0 Å². The monoisotopic (exact) mass is 391 g/mol. The molecule has 2 aromatic rings. The molecule has 0 aliphatic rings. The Bertz CT molecular complexity index is 717.